The lowest BCUT2D eigenvalue weighted by Crippen LogP contribution is -2.66. The summed E-state index contributed by atoms with van der Waals surface area (Å²) >= 11 is 0. The summed E-state index contributed by atoms with van der Waals surface area (Å²) in [6.45, 7) is 2.06. The van der Waals surface area contributed by atoms with Crippen LogP contribution in [0.5, 0.6) is 0 Å². The monoisotopic (exact) mass is 589 g/mol. The Hall–Kier alpha value is -3.45. The molecule has 4 unspecified atom stereocenters. The van der Waals surface area contributed by atoms with Gasteiger partial charge in [0.25, 0.3) is 17.7 Å². The normalized spacial score (nSPS) is 27.8. The molecular formula is C28H39N5O7S. The topological polar surface area (TPSA) is 177 Å². The van der Waals surface area contributed by atoms with Gasteiger partial charge < -0.3 is 20.7 Å². The van der Waals surface area contributed by atoms with Gasteiger partial charge in [-0.25, -0.2) is 9.52 Å². The Morgan fingerprint density at radius 1 is 1.15 bits per heavy atom. The van der Waals surface area contributed by atoms with Gasteiger partial charge in [0.05, 0.1) is 0 Å². The standard InChI is InChI=1S/C28H39N5O7S/c1-19-10-12-20(13-11-19)14-16-30-41(38,39)32-27(37)40-23-9-6-4-2-3-5-8-21-18-22(21)31-26(36)28(25(29)35)15-7-17-33(28)24(23)34/h5,8,10-13,21-23,30H,2-4,6-7,9,14-18H2,1H3,(H2,29,35)(H,31,36)(H,32,37)/b8-5+. The molecule has 1 aliphatic carbocycles. The number of nitrogens with one attached hydrogen (secondary N) is 3. The van der Waals surface area contributed by atoms with Crippen LogP contribution in [0.2, 0.25) is 0 Å². The molecule has 0 bridgehead atoms. The van der Waals surface area contributed by atoms with Crippen LogP contribution in [0, 0.1) is 12.8 Å². The number of carbonyl (C=O) groups excluding carboxylic acids is 4. The van der Waals surface area contributed by atoms with Crippen LogP contribution >= 0.6 is 0 Å². The minimum atomic E-state index is -4.28. The van der Waals surface area contributed by atoms with Crippen LogP contribution in [0.15, 0.2) is 36.4 Å². The molecule has 12 nitrogen and oxygen atoms in total. The molecule has 3 aliphatic rings. The minimum absolute atomic E-state index is 0.0361. The summed E-state index contributed by atoms with van der Waals surface area (Å²) in [7, 11) is -4.28. The summed E-state index contributed by atoms with van der Waals surface area (Å²) in [6.07, 6.45) is 5.94. The van der Waals surface area contributed by atoms with Gasteiger partial charge in [-0.05, 0) is 69.8 Å². The molecule has 2 aliphatic heterocycles. The van der Waals surface area contributed by atoms with Crippen LogP contribution in [-0.4, -0.2) is 67.9 Å². The number of primary amides is 1. The fourth-order valence-corrected chi connectivity index (χ4v) is 6.14. The van der Waals surface area contributed by atoms with Gasteiger partial charge in [-0.2, -0.15) is 13.1 Å². The van der Waals surface area contributed by atoms with E-state index in [9.17, 15) is 27.6 Å². The van der Waals surface area contributed by atoms with E-state index in [2.05, 4.69) is 22.2 Å². The molecule has 224 valence electrons. The highest BCUT2D eigenvalue weighted by Gasteiger charge is 2.57. The molecule has 2 fully saturated rings. The van der Waals surface area contributed by atoms with Crippen LogP contribution in [0.25, 0.3) is 0 Å². The molecular weight excluding hydrogens is 550 g/mol. The number of nitrogens with two attached hydrogens (primary N) is 1. The second-order valence-corrected chi connectivity index (χ2v) is 12.5. The van der Waals surface area contributed by atoms with E-state index in [0.717, 1.165) is 41.7 Å². The molecule has 5 N–H and O–H groups in total. The Bertz CT molecular complexity index is 1280. The summed E-state index contributed by atoms with van der Waals surface area (Å²) in [5, 5.41) is 2.87. The number of fused-ring (bicyclic) bond motifs is 2. The Balaban J connectivity index is 1.44. The van der Waals surface area contributed by atoms with Crippen molar-refractivity contribution >= 4 is 34.0 Å². The lowest BCUT2D eigenvalue weighted by Gasteiger charge is -2.36. The van der Waals surface area contributed by atoms with Crippen LogP contribution < -0.4 is 20.5 Å². The van der Waals surface area contributed by atoms with E-state index in [1.54, 1.807) is 4.72 Å². The Morgan fingerprint density at radius 2 is 1.90 bits per heavy atom. The van der Waals surface area contributed by atoms with Gasteiger partial charge in [-0.15, -0.1) is 0 Å². The van der Waals surface area contributed by atoms with Crippen molar-refractivity contribution in [3.63, 3.8) is 0 Å². The summed E-state index contributed by atoms with van der Waals surface area (Å²) in [6, 6.07) is 7.46. The molecule has 0 spiro atoms. The van der Waals surface area contributed by atoms with Gasteiger partial charge >= 0.3 is 16.3 Å². The van der Waals surface area contributed by atoms with Crippen LogP contribution in [0.3, 0.4) is 0 Å². The van der Waals surface area contributed by atoms with E-state index in [1.165, 1.54) is 0 Å². The zero-order valence-electron chi connectivity index (χ0n) is 23.3. The quantitative estimate of drug-likeness (QED) is 0.274. The van der Waals surface area contributed by atoms with E-state index in [-0.39, 0.29) is 37.9 Å². The molecule has 1 aromatic rings. The highest BCUT2D eigenvalue weighted by atomic mass is 32.2. The van der Waals surface area contributed by atoms with Crippen molar-refractivity contribution in [2.45, 2.75) is 82.4 Å². The van der Waals surface area contributed by atoms with Crippen molar-refractivity contribution < 1.29 is 32.3 Å². The SMILES string of the molecule is Cc1ccc(CCNS(=O)(=O)NC(=O)OC2CCCCC/C=C/C3CC3NC(=O)C3(C(N)=O)CCCN3C2=O)cc1. The second-order valence-electron chi connectivity index (χ2n) is 11.0. The number of nitrogens with zero attached hydrogens (tertiary/aromatic N) is 1. The molecule has 4 amide bonds. The van der Waals surface area contributed by atoms with Crippen molar-refractivity contribution in [2.24, 2.45) is 11.7 Å². The van der Waals surface area contributed by atoms with Crippen molar-refractivity contribution in [3.05, 3.63) is 47.5 Å². The number of benzene rings is 1. The number of rotatable bonds is 7. The molecule has 0 aromatic heterocycles. The molecule has 4 atom stereocenters. The van der Waals surface area contributed by atoms with Gasteiger partial charge in [-0.1, -0.05) is 48.4 Å². The number of aryl methyl sites for hydroxylation is 1. The Kier molecular flexibility index (Phi) is 9.69. The summed E-state index contributed by atoms with van der Waals surface area (Å²) < 4.78 is 34.4. The predicted molar refractivity (Wildman–Crippen MR) is 150 cm³/mol. The predicted octanol–water partition coefficient (Wildman–Crippen LogP) is 1.34. The Labute approximate surface area is 240 Å². The minimum Gasteiger partial charge on any atom is -0.435 e. The first kappa shape index (κ1) is 30.5. The van der Waals surface area contributed by atoms with Crippen LogP contribution in [0.4, 0.5) is 4.79 Å². The average Bonchev–Trinajstić information content (AvgIpc) is 3.47. The van der Waals surface area contributed by atoms with Crippen molar-refractivity contribution in [1.29, 1.82) is 0 Å². The van der Waals surface area contributed by atoms with E-state index in [4.69, 9.17) is 10.5 Å². The number of allylic oxidation sites excluding steroid dienone is 1. The molecule has 0 radical (unpaired) electrons. The zero-order valence-corrected chi connectivity index (χ0v) is 24.1. The van der Waals surface area contributed by atoms with Gasteiger partial charge in [0, 0.05) is 19.1 Å². The third-order valence-electron chi connectivity index (χ3n) is 7.88. The highest BCUT2D eigenvalue weighted by Crippen LogP contribution is 2.36. The van der Waals surface area contributed by atoms with E-state index < -0.39 is 45.7 Å². The van der Waals surface area contributed by atoms with Gasteiger partial charge in [-0.3, -0.25) is 14.4 Å². The van der Waals surface area contributed by atoms with Crippen LogP contribution in [0.1, 0.15) is 62.5 Å². The zero-order chi connectivity index (χ0) is 29.6. The molecule has 2 heterocycles. The fraction of sp³-hybridized carbons (Fsp3) is 0.571. The third kappa shape index (κ3) is 7.64. The lowest BCUT2D eigenvalue weighted by atomic mass is 9.93. The maximum atomic E-state index is 13.7. The van der Waals surface area contributed by atoms with E-state index in [0.29, 0.717) is 19.3 Å². The summed E-state index contributed by atoms with van der Waals surface area (Å²) in [5.74, 6) is -2.18. The third-order valence-corrected chi connectivity index (χ3v) is 8.90. The van der Waals surface area contributed by atoms with Crippen molar-refractivity contribution in [3.8, 4) is 0 Å². The van der Waals surface area contributed by atoms with Gasteiger partial charge in [0.2, 0.25) is 5.54 Å². The molecule has 1 saturated carbocycles. The number of amides is 4. The average molecular weight is 590 g/mol. The largest absolute Gasteiger partial charge is 0.435 e. The van der Waals surface area contributed by atoms with Gasteiger partial charge in [0.1, 0.15) is 0 Å². The summed E-state index contributed by atoms with van der Waals surface area (Å²) in [4.78, 5) is 53.6. The molecule has 1 saturated heterocycles. The molecule has 41 heavy (non-hydrogen) atoms. The lowest BCUT2D eigenvalue weighted by molar-refractivity contribution is -0.156. The molecule has 4 rings (SSSR count). The molecule has 1 aromatic carbocycles. The van der Waals surface area contributed by atoms with Crippen molar-refractivity contribution in [1.82, 2.24) is 19.7 Å². The first-order valence-electron chi connectivity index (χ1n) is 14.1. The van der Waals surface area contributed by atoms with Crippen molar-refractivity contribution in [2.75, 3.05) is 13.1 Å². The first-order valence-corrected chi connectivity index (χ1v) is 15.6. The second kappa shape index (κ2) is 13.0. The Morgan fingerprint density at radius 3 is 2.63 bits per heavy atom. The van der Waals surface area contributed by atoms with Crippen LogP contribution in [-0.2, 0) is 35.8 Å². The molecule has 13 heteroatoms. The van der Waals surface area contributed by atoms with E-state index >= 15 is 0 Å². The van der Waals surface area contributed by atoms with E-state index in [1.807, 2.05) is 31.2 Å². The highest BCUT2D eigenvalue weighted by molar-refractivity contribution is 7.88. The first-order chi connectivity index (χ1) is 19.5. The van der Waals surface area contributed by atoms with Gasteiger partial charge in [0.15, 0.2) is 6.10 Å². The number of ether oxygens (including phenoxy) is 1. The maximum absolute atomic E-state index is 13.7. The fourth-order valence-electron chi connectivity index (χ4n) is 5.43. The summed E-state index contributed by atoms with van der Waals surface area (Å²) in [5.41, 5.74) is 5.82. The number of carbonyl (C=O) groups is 4. The maximum Gasteiger partial charge on any atom is 0.422 e. The number of hydrogen-bond donors (Lipinski definition) is 4. The number of hydrogen-bond acceptors (Lipinski definition) is 7. The smallest absolute Gasteiger partial charge is 0.422 e.